The van der Waals surface area contributed by atoms with Gasteiger partial charge in [0.05, 0.1) is 5.41 Å². The molecule has 1 unspecified atom stereocenters. The molecule has 0 aliphatic carbocycles. The van der Waals surface area contributed by atoms with Gasteiger partial charge in [-0.1, -0.05) is 33.6 Å². The number of rotatable bonds is 7. The largest absolute Gasteiger partial charge is 0.481 e. The molecule has 0 bridgehead atoms. The van der Waals surface area contributed by atoms with E-state index in [1.807, 2.05) is 13.8 Å². The van der Waals surface area contributed by atoms with E-state index >= 15 is 0 Å². The highest BCUT2D eigenvalue weighted by molar-refractivity contribution is 5.74. The molecule has 1 rings (SSSR count). The van der Waals surface area contributed by atoms with E-state index in [0.29, 0.717) is 0 Å². The first kappa shape index (κ1) is 16.5. The van der Waals surface area contributed by atoms with Gasteiger partial charge in [-0.3, -0.25) is 4.79 Å². The third-order valence-corrected chi connectivity index (χ3v) is 4.97. The maximum absolute atomic E-state index is 11.6. The summed E-state index contributed by atoms with van der Waals surface area (Å²) in [6.45, 7) is 9.17. The van der Waals surface area contributed by atoms with E-state index in [1.54, 1.807) is 0 Å². The van der Waals surface area contributed by atoms with Crippen molar-refractivity contribution in [3.63, 3.8) is 0 Å². The van der Waals surface area contributed by atoms with Gasteiger partial charge in [0.15, 0.2) is 0 Å². The molecule has 3 heteroatoms. The first-order valence-corrected chi connectivity index (χ1v) is 8.03. The maximum atomic E-state index is 11.6. The van der Waals surface area contributed by atoms with E-state index in [1.165, 1.54) is 32.1 Å². The fourth-order valence-corrected chi connectivity index (χ4v) is 3.35. The quantitative estimate of drug-likeness (QED) is 0.764. The van der Waals surface area contributed by atoms with Crippen LogP contribution in [0.4, 0.5) is 0 Å². The molecule has 1 atom stereocenters. The minimum Gasteiger partial charge on any atom is -0.481 e. The molecule has 0 amide bonds. The van der Waals surface area contributed by atoms with Crippen LogP contribution in [0.2, 0.25) is 0 Å². The Labute approximate surface area is 118 Å². The van der Waals surface area contributed by atoms with E-state index in [0.717, 1.165) is 38.4 Å². The van der Waals surface area contributed by atoms with Crippen molar-refractivity contribution < 1.29 is 9.90 Å². The third-order valence-electron chi connectivity index (χ3n) is 4.97. The first-order chi connectivity index (χ1) is 9.07. The zero-order valence-corrected chi connectivity index (χ0v) is 13.0. The van der Waals surface area contributed by atoms with Crippen molar-refractivity contribution in [2.24, 2.45) is 11.3 Å². The lowest BCUT2D eigenvalue weighted by Gasteiger charge is -2.33. The van der Waals surface area contributed by atoms with Crippen molar-refractivity contribution in [1.29, 1.82) is 0 Å². The number of nitrogens with zero attached hydrogens (tertiary/aromatic N) is 1. The molecule has 0 saturated carbocycles. The molecule has 0 aromatic carbocycles. The van der Waals surface area contributed by atoms with E-state index in [9.17, 15) is 9.90 Å². The van der Waals surface area contributed by atoms with Crippen LogP contribution in [0.25, 0.3) is 0 Å². The van der Waals surface area contributed by atoms with Gasteiger partial charge in [0.25, 0.3) is 0 Å². The predicted octanol–water partition coefficient (Wildman–Crippen LogP) is 3.78. The Morgan fingerprint density at radius 2 is 1.89 bits per heavy atom. The SMILES string of the molecule is CCCC1CCCN(CC(CC)(CC)C(=O)O)CC1. The number of aliphatic carboxylic acids is 1. The Bertz CT molecular complexity index is 274. The highest BCUT2D eigenvalue weighted by atomic mass is 16.4. The molecule has 1 heterocycles. The summed E-state index contributed by atoms with van der Waals surface area (Å²) in [6.07, 6.45) is 7.86. The molecule has 112 valence electrons. The number of carbonyl (C=O) groups is 1. The topological polar surface area (TPSA) is 40.5 Å². The highest BCUT2D eigenvalue weighted by Gasteiger charge is 2.36. The van der Waals surface area contributed by atoms with Crippen LogP contribution in [0.15, 0.2) is 0 Å². The second kappa shape index (κ2) is 7.88. The molecule has 3 nitrogen and oxygen atoms in total. The lowest BCUT2D eigenvalue weighted by Crippen LogP contribution is -2.43. The lowest BCUT2D eigenvalue weighted by atomic mass is 9.82. The van der Waals surface area contributed by atoms with Gasteiger partial charge in [0, 0.05) is 6.54 Å². The van der Waals surface area contributed by atoms with Gasteiger partial charge < -0.3 is 10.0 Å². The van der Waals surface area contributed by atoms with Crippen molar-refractivity contribution >= 4 is 5.97 Å². The van der Waals surface area contributed by atoms with Gasteiger partial charge in [-0.2, -0.15) is 0 Å². The van der Waals surface area contributed by atoms with Crippen LogP contribution in [0.1, 0.15) is 65.7 Å². The normalized spacial score (nSPS) is 22.2. The lowest BCUT2D eigenvalue weighted by molar-refractivity contribution is -0.150. The predicted molar refractivity (Wildman–Crippen MR) is 79.3 cm³/mol. The average Bonchev–Trinajstić information content (AvgIpc) is 2.62. The second-order valence-electron chi connectivity index (χ2n) is 6.15. The van der Waals surface area contributed by atoms with Gasteiger partial charge in [0.2, 0.25) is 0 Å². The fraction of sp³-hybridized carbons (Fsp3) is 0.938. The van der Waals surface area contributed by atoms with Gasteiger partial charge in [-0.15, -0.1) is 0 Å². The minimum absolute atomic E-state index is 0.537. The van der Waals surface area contributed by atoms with Gasteiger partial charge in [0.1, 0.15) is 0 Å². The summed E-state index contributed by atoms with van der Waals surface area (Å²) < 4.78 is 0. The second-order valence-corrected chi connectivity index (χ2v) is 6.15. The average molecular weight is 269 g/mol. The minimum atomic E-state index is -0.619. The fourth-order valence-electron chi connectivity index (χ4n) is 3.35. The summed E-state index contributed by atoms with van der Waals surface area (Å²) in [5.74, 6) is 0.240. The van der Waals surface area contributed by atoms with E-state index in [2.05, 4.69) is 11.8 Å². The Morgan fingerprint density at radius 3 is 2.42 bits per heavy atom. The van der Waals surface area contributed by atoms with Crippen molar-refractivity contribution in [1.82, 2.24) is 4.90 Å². The van der Waals surface area contributed by atoms with Gasteiger partial charge in [-0.25, -0.2) is 0 Å². The summed E-state index contributed by atoms with van der Waals surface area (Å²) >= 11 is 0. The van der Waals surface area contributed by atoms with Crippen molar-refractivity contribution in [3.8, 4) is 0 Å². The van der Waals surface area contributed by atoms with Crippen LogP contribution >= 0.6 is 0 Å². The molecule has 0 aromatic heterocycles. The summed E-state index contributed by atoms with van der Waals surface area (Å²) in [5, 5.41) is 9.53. The summed E-state index contributed by atoms with van der Waals surface area (Å²) in [7, 11) is 0. The van der Waals surface area contributed by atoms with Crippen LogP contribution in [0.5, 0.6) is 0 Å². The molecule has 0 aromatic rings. The molecule has 1 fully saturated rings. The van der Waals surface area contributed by atoms with Crippen molar-refractivity contribution in [2.75, 3.05) is 19.6 Å². The van der Waals surface area contributed by atoms with Crippen molar-refractivity contribution in [2.45, 2.75) is 65.7 Å². The molecule has 1 aliphatic heterocycles. The molecular weight excluding hydrogens is 238 g/mol. The third kappa shape index (κ3) is 4.48. The van der Waals surface area contributed by atoms with E-state index in [4.69, 9.17) is 0 Å². The molecule has 1 saturated heterocycles. The Morgan fingerprint density at radius 1 is 1.21 bits per heavy atom. The maximum Gasteiger partial charge on any atom is 0.310 e. The Balaban J connectivity index is 2.58. The molecule has 1 N–H and O–H groups in total. The number of carboxylic acid groups (broad SMARTS) is 1. The van der Waals surface area contributed by atoms with Crippen LogP contribution in [0, 0.1) is 11.3 Å². The van der Waals surface area contributed by atoms with Crippen LogP contribution in [0.3, 0.4) is 0 Å². The highest BCUT2D eigenvalue weighted by Crippen LogP contribution is 2.30. The smallest absolute Gasteiger partial charge is 0.310 e. The molecule has 0 spiro atoms. The Kier molecular flexibility index (Phi) is 6.84. The Hall–Kier alpha value is -0.570. The van der Waals surface area contributed by atoms with Gasteiger partial charge in [-0.05, 0) is 51.1 Å². The summed E-state index contributed by atoms with van der Waals surface area (Å²) in [5.41, 5.74) is -0.537. The standard InChI is InChI=1S/C16H31NO2/c1-4-8-14-9-7-11-17(12-10-14)13-16(5-2,6-3)15(18)19/h14H,4-13H2,1-3H3,(H,18,19). The van der Waals surface area contributed by atoms with Crippen LogP contribution in [-0.4, -0.2) is 35.6 Å². The molecule has 19 heavy (non-hydrogen) atoms. The van der Waals surface area contributed by atoms with Gasteiger partial charge >= 0.3 is 5.97 Å². The number of carboxylic acids is 1. The van der Waals surface area contributed by atoms with E-state index < -0.39 is 11.4 Å². The number of hydrogen-bond donors (Lipinski definition) is 1. The summed E-state index contributed by atoms with van der Waals surface area (Å²) in [4.78, 5) is 14.0. The molecule has 1 aliphatic rings. The van der Waals surface area contributed by atoms with Crippen LogP contribution in [-0.2, 0) is 4.79 Å². The number of hydrogen-bond acceptors (Lipinski definition) is 2. The van der Waals surface area contributed by atoms with Crippen molar-refractivity contribution in [3.05, 3.63) is 0 Å². The summed E-state index contributed by atoms with van der Waals surface area (Å²) in [6, 6.07) is 0. The van der Waals surface area contributed by atoms with E-state index in [-0.39, 0.29) is 0 Å². The molecular formula is C16H31NO2. The zero-order valence-electron chi connectivity index (χ0n) is 13.0. The first-order valence-electron chi connectivity index (χ1n) is 8.03. The van der Waals surface area contributed by atoms with Crippen LogP contribution < -0.4 is 0 Å². The molecule has 0 radical (unpaired) electrons. The number of likely N-dealkylation sites (tertiary alicyclic amines) is 1. The monoisotopic (exact) mass is 269 g/mol. The zero-order chi connectivity index (χ0) is 14.3.